The molecule has 1 aromatic heterocycles. The molecule has 24 heavy (non-hydrogen) atoms. The first-order chi connectivity index (χ1) is 11.4. The van der Waals surface area contributed by atoms with Crippen molar-refractivity contribution in [3.8, 4) is 0 Å². The molecule has 0 spiro atoms. The van der Waals surface area contributed by atoms with Crippen molar-refractivity contribution in [2.45, 2.75) is 45.4 Å². The second kappa shape index (κ2) is 9.86. The number of carbonyl (C=O) groups excluding carboxylic acids is 1. The molecule has 1 unspecified atom stereocenters. The minimum atomic E-state index is -0.250. The van der Waals surface area contributed by atoms with Gasteiger partial charge in [0, 0.05) is 11.4 Å². The number of nitrogens with one attached hydrogen (secondary N) is 1. The van der Waals surface area contributed by atoms with Crippen molar-refractivity contribution in [1.82, 2.24) is 10.3 Å². The van der Waals surface area contributed by atoms with E-state index in [4.69, 9.17) is 21.4 Å². The number of hydrogen-bond donors (Lipinski definition) is 4. The van der Waals surface area contributed by atoms with E-state index in [1.54, 1.807) is 0 Å². The maximum absolute atomic E-state index is 12.3. The Morgan fingerprint density at radius 2 is 2.21 bits per heavy atom. The van der Waals surface area contributed by atoms with E-state index in [0.717, 1.165) is 36.3 Å². The van der Waals surface area contributed by atoms with Crippen molar-refractivity contribution in [3.05, 3.63) is 10.6 Å². The normalized spacial score (nSPS) is 15.7. The van der Waals surface area contributed by atoms with Crippen LogP contribution in [0.15, 0.2) is 4.99 Å². The Bertz CT molecular complexity index is 582. The molecule has 134 valence electrons. The number of carboxylic acid groups (broad SMARTS) is 1. The van der Waals surface area contributed by atoms with Gasteiger partial charge in [-0.3, -0.25) is 9.59 Å². The molecule has 8 nitrogen and oxygen atoms in total. The van der Waals surface area contributed by atoms with Gasteiger partial charge in [0.25, 0.3) is 6.47 Å². The fraction of sp³-hybridized carbons (Fsp3) is 0.600. The quantitative estimate of drug-likeness (QED) is 0.356. The van der Waals surface area contributed by atoms with Crippen LogP contribution in [0.1, 0.15) is 49.6 Å². The Hall–Kier alpha value is -2.16. The van der Waals surface area contributed by atoms with Gasteiger partial charge in [0.15, 0.2) is 5.96 Å². The van der Waals surface area contributed by atoms with Crippen molar-refractivity contribution in [2.24, 2.45) is 22.4 Å². The van der Waals surface area contributed by atoms with Crippen LogP contribution in [0.25, 0.3) is 0 Å². The van der Waals surface area contributed by atoms with E-state index in [9.17, 15) is 4.79 Å². The topological polar surface area (TPSA) is 144 Å². The zero-order valence-corrected chi connectivity index (χ0v) is 14.8. The first-order valence-electron chi connectivity index (χ1n) is 7.83. The Morgan fingerprint density at radius 3 is 2.79 bits per heavy atom. The monoisotopic (exact) mass is 355 g/mol. The number of aryl methyl sites for hydroxylation is 1. The highest BCUT2D eigenvalue weighted by molar-refractivity contribution is 7.15. The van der Waals surface area contributed by atoms with E-state index in [1.165, 1.54) is 11.3 Å². The smallest absolute Gasteiger partial charge is 0.290 e. The summed E-state index contributed by atoms with van der Waals surface area (Å²) in [5, 5.41) is 10.4. The molecule has 1 amide bonds. The summed E-state index contributed by atoms with van der Waals surface area (Å²) in [4.78, 5) is 30.3. The number of aliphatic imine (C=N–C) groups is 1. The largest absolute Gasteiger partial charge is 0.483 e. The van der Waals surface area contributed by atoms with Crippen LogP contribution in [0.2, 0.25) is 0 Å². The van der Waals surface area contributed by atoms with E-state index < -0.39 is 0 Å². The summed E-state index contributed by atoms with van der Waals surface area (Å²) in [6.45, 7) is 4.76. The summed E-state index contributed by atoms with van der Waals surface area (Å²) >= 11 is 1.47. The number of thiazole rings is 1. The van der Waals surface area contributed by atoms with Crippen LogP contribution in [0.3, 0.4) is 0 Å². The number of hydrogen-bond acceptors (Lipinski definition) is 5. The molecule has 0 radical (unpaired) electrons. The van der Waals surface area contributed by atoms with E-state index in [1.807, 2.05) is 0 Å². The number of rotatable bonds is 5. The lowest BCUT2D eigenvalue weighted by molar-refractivity contribution is -0.123. The van der Waals surface area contributed by atoms with Crippen molar-refractivity contribution in [1.29, 1.82) is 0 Å². The molecule has 0 fully saturated rings. The maximum atomic E-state index is 12.3. The Kier molecular flexibility index (Phi) is 8.17. The average Bonchev–Trinajstić information content (AvgIpc) is 2.88. The van der Waals surface area contributed by atoms with Gasteiger partial charge < -0.3 is 21.9 Å². The second-order valence-corrected chi connectivity index (χ2v) is 6.93. The highest BCUT2D eigenvalue weighted by Gasteiger charge is 2.30. The van der Waals surface area contributed by atoms with E-state index in [0.29, 0.717) is 17.6 Å². The number of carbonyl (C=O) groups is 2. The zero-order chi connectivity index (χ0) is 18.1. The third-order valence-corrected chi connectivity index (χ3v) is 4.53. The van der Waals surface area contributed by atoms with E-state index >= 15 is 0 Å². The van der Waals surface area contributed by atoms with Gasteiger partial charge in [0.2, 0.25) is 11.0 Å². The number of nitrogens with zero attached hydrogens (tertiary/aromatic N) is 2. The molecule has 6 N–H and O–H groups in total. The Morgan fingerprint density at radius 1 is 1.54 bits per heavy atom. The molecule has 1 atom stereocenters. The molecule has 0 aliphatic heterocycles. The van der Waals surface area contributed by atoms with Crippen LogP contribution in [0.4, 0.5) is 5.13 Å². The highest BCUT2D eigenvalue weighted by atomic mass is 32.1. The summed E-state index contributed by atoms with van der Waals surface area (Å²) in [6, 6.07) is 0. The van der Waals surface area contributed by atoms with Gasteiger partial charge in [-0.25, -0.2) is 4.98 Å². The fourth-order valence-corrected chi connectivity index (χ4v) is 3.48. The second-order valence-electron chi connectivity index (χ2n) is 5.87. The Balaban J connectivity index is 0.000000891. The van der Waals surface area contributed by atoms with Crippen molar-refractivity contribution in [2.75, 3.05) is 6.54 Å². The molecular formula is C15H25N5O3S. The minimum Gasteiger partial charge on any atom is -0.483 e. The molecule has 0 saturated heterocycles. The summed E-state index contributed by atoms with van der Waals surface area (Å²) in [5.74, 6) is 0.484. The summed E-state index contributed by atoms with van der Waals surface area (Å²) in [7, 11) is 0. The number of nitrogens with two attached hydrogens (primary N) is 2. The summed E-state index contributed by atoms with van der Waals surface area (Å²) in [6.07, 6.45) is 3.77. The lowest BCUT2D eigenvalue weighted by Crippen LogP contribution is -2.32. The van der Waals surface area contributed by atoms with Crippen molar-refractivity contribution in [3.63, 3.8) is 0 Å². The zero-order valence-electron chi connectivity index (χ0n) is 14.0. The van der Waals surface area contributed by atoms with Crippen LogP contribution in [-0.2, 0) is 16.0 Å². The van der Waals surface area contributed by atoms with E-state index in [-0.39, 0.29) is 24.3 Å². The van der Waals surface area contributed by atoms with E-state index in [2.05, 4.69) is 29.1 Å². The number of guanidine groups is 1. The van der Waals surface area contributed by atoms with Crippen molar-refractivity contribution >= 4 is 34.8 Å². The maximum Gasteiger partial charge on any atom is 0.290 e. The number of fused-ring (bicyclic) bond motifs is 1. The molecule has 1 aromatic rings. The first kappa shape index (κ1) is 19.9. The predicted octanol–water partition coefficient (Wildman–Crippen LogP) is 1.33. The third kappa shape index (κ3) is 6.15. The van der Waals surface area contributed by atoms with Crippen molar-refractivity contribution < 1.29 is 14.7 Å². The van der Waals surface area contributed by atoms with Gasteiger partial charge in [-0.2, -0.15) is 4.99 Å². The van der Waals surface area contributed by atoms with Crippen LogP contribution >= 0.6 is 11.3 Å². The van der Waals surface area contributed by atoms with Crippen LogP contribution in [0.5, 0.6) is 0 Å². The lowest BCUT2D eigenvalue weighted by atomic mass is 9.90. The molecule has 0 aromatic carbocycles. The summed E-state index contributed by atoms with van der Waals surface area (Å²) in [5.41, 5.74) is 11.6. The third-order valence-electron chi connectivity index (χ3n) is 3.51. The van der Waals surface area contributed by atoms with Crippen LogP contribution in [0, 0.1) is 5.92 Å². The minimum absolute atomic E-state index is 0.000896. The van der Waals surface area contributed by atoms with Gasteiger partial charge in [-0.1, -0.05) is 25.2 Å². The average molecular weight is 355 g/mol. The van der Waals surface area contributed by atoms with Gasteiger partial charge in [-0.15, -0.1) is 0 Å². The number of aromatic nitrogens is 1. The van der Waals surface area contributed by atoms with Gasteiger partial charge >= 0.3 is 0 Å². The molecular weight excluding hydrogens is 330 g/mol. The molecule has 1 heterocycles. The lowest BCUT2D eigenvalue weighted by Gasteiger charge is -2.20. The van der Waals surface area contributed by atoms with Gasteiger partial charge in [0.05, 0.1) is 11.6 Å². The van der Waals surface area contributed by atoms with Gasteiger partial charge in [-0.05, 0) is 31.6 Å². The first-order valence-corrected chi connectivity index (χ1v) is 8.65. The van der Waals surface area contributed by atoms with Crippen LogP contribution in [-0.4, -0.2) is 35.0 Å². The summed E-state index contributed by atoms with van der Waals surface area (Å²) < 4.78 is 0. The standard InChI is InChI=1S/C14H23N5OS.CH2O2/c1-8(2)6-7-17-12(20)9-4-3-5-10-11(9)18-14(21-10)19-13(15)16;2-1-3/h8-9H,3-7H2,1-2H3,(H,17,20)(H4,15,16,18,19);1H,(H,2,3). The predicted molar refractivity (Wildman–Crippen MR) is 94.4 cm³/mol. The molecule has 0 saturated carbocycles. The molecule has 9 heteroatoms. The molecule has 1 aliphatic carbocycles. The van der Waals surface area contributed by atoms with Crippen LogP contribution < -0.4 is 16.8 Å². The molecule has 2 rings (SSSR count). The molecule has 0 bridgehead atoms. The fourth-order valence-electron chi connectivity index (χ4n) is 2.43. The number of amides is 1. The molecule has 1 aliphatic rings. The SMILES string of the molecule is CC(C)CCNC(=O)C1CCCc2sc(N=C(N)N)nc21.O=CO. The highest BCUT2D eigenvalue weighted by Crippen LogP contribution is 2.37. The van der Waals surface area contributed by atoms with Gasteiger partial charge in [0.1, 0.15) is 0 Å². The Labute approximate surface area is 145 Å².